The number of aryl methyl sites for hydroxylation is 3. The summed E-state index contributed by atoms with van der Waals surface area (Å²) in [6, 6.07) is 8.07. The minimum atomic E-state index is -0.401. The molecule has 0 unspecified atom stereocenters. The summed E-state index contributed by atoms with van der Waals surface area (Å²) < 4.78 is 7.17. The van der Waals surface area contributed by atoms with Gasteiger partial charge in [0.15, 0.2) is 11.3 Å². The molecule has 0 bridgehead atoms. The minimum absolute atomic E-state index is 0.317. The lowest BCUT2D eigenvalue weighted by Crippen LogP contribution is -2.45. The first-order valence-corrected chi connectivity index (χ1v) is 10.5. The van der Waals surface area contributed by atoms with Crippen molar-refractivity contribution in [2.45, 2.75) is 27.7 Å². The molecule has 1 fully saturated rings. The molecular weight excluding hydrogens is 378 g/mol. The molecule has 2 aromatic heterocycles. The van der Waals surface area contributed by atoms with Crippen LogP contribution < -0.4 is 4.90 Å². The van der Waals surface area contributed by atoms with Crippen molar-refractivity contribution in [1.29, 1.82) is 0 Å². The third-order valence-corrected chi connectivity index (χ3v) is 5.79. The first-order valence-electron chi connectivity index (χ1n) is 10.5. The monoisotopic (exact) mass is 407 g/mol. The van der Waals surface area contributed by atoms with E-state index in [9.17, 15) is 4.79 Å². The summed E-state index contributed by atoms with van der Waals surface area (Å²) in [4.78, 5) is 21.9. The van der Waals surface area contributed by atoms with Gasteiger partial charge in [-0.1, -0.05) is 18.2 Å². The molecule has 3 aromatic rings. The van der Waals surface area contributed by atoms with E-state index in [0.29, 0.717) is 17.9 Å². The van der Waals surface area contributed by atoms with E-state index in [2.05, 4.69) is 48.9 Å². The Morgan fingerprint density at radius 3 is 2.37 bits per heavy atom. The number of piperazine rings is 1. The van der Waals surface area contributed by atoms with Crippen LogP contribution in [0.4, 0.5) is 5.82 Å². The largest absolute Gasteiger partial charge is 0.461 e. The van der Waals surface area contributed by atoms with Crippen molar-refractivity contribution in [3.63, 3.8) is 0 Å². The molecule has 1 aliphatic heterocycles. The summed E-state index contributed by atoms with van der Waals surface area (Å²) in [5.41, 5.74) is 6.36. The molecule has 4 rings (SSSR count). The lowest BCUT2D eigenvalue weighted by Gasteiger charge is -2.34. The standard InChI is InChI=1S/C23H29N5O2/c1-6-30-23(29)18-14-19(27-12-10-26(5)11-13-27)28-22(24-18)21(17(4)25-28)20-15(2)8-7-9-16(20)3/h7-9,14H,6,10-13H2,1-5H3. The van der Waals surface area contributed by atoms with E-state index in [4.69, 9.17) is 14.8 Å². The second-order valence-electron chi connectivity index (χ2n) is 7.97. The van der Waals surface area contributed by atoms with E-state index >= 15 is 0 Å². The van der Waals surface area contributed by atoms with Crippen molar-refractivity contribution < 1.29 is 9.53 Å². The fourth-order valence-electron chi connectivity index (χ4n) is 4.18. The quantitative estimate of drug-likeness (QED) is 0.619. The summed E-state index contributed by atoms with van der Waals surface area (Å²) in [6.07, 6.45) is 0. The second-order valence-corrected chi connectivity index (χ2v) is 7.97. The predicted octanol–water partition coefficient (Wildman–Crippen LogP) is 3.25. The summed E-state index contributed by atoms with van der Waals surface area (Å²) in [7, 11) is 2.13. The zero-order valence-corrected chi connectivity index (χ0v) is 18.4. The molecule has 0 aliphatic carbocycles. The van der Waals surface area contributed by atoms with Gasteiger partial charge in [-0.3, -0.25) is 0 Å². The normalized spacial score (nSPS) is 15.0. The Balaban J connectivity index is 1.97. The van der Waals surface area contributed by atoms with Gasteiger partial charge in [0.25, 0.3) is 0 Å². The van der Waals surface area contributed by atoms with Gasteiger partial charge in [-0.2, -0.15) is 9.61 Å². The number of ether oxygens (including phenoxy) is 1. The molecule has 1 aromatic carbocycles. The molecule has 7 nitrogen and oxygen atoms in total. The first kappa shape index (κ1) is 20.3. The number of hydrogen-bond acceptors (Lipinski definition) is 6. The summed E-state index contributed by atoms with van der Waals surface area (Å²) in [5.74, 6) is 0.485. The topological polar surface area (TPSA) is 63.0 Å². The second kappa shape index (κ2) is 8.07. The molecule has 0 amide bonds. The highest BCUT2D eigenvalue weighted by Crippen LogP contribution is 2.34. The van der Waals surface area contributed by atoms with Crippen LogP contribution in [0, 0.1) is 20.8 Å². The molecule has 0 saturated carbocycles. The van der Waals surface area contributed by atoms with Gasteiger partial charge in [-0.05, 0) is 51.4 Å². The van der Waals surface area contributed by atoms with Crippen molar-refractivity contribution in [1.82, 2.24) is 19.5 Å². The van der Waals surface area contributed by atoms with Gasteiger partial charge in [-0.25, -0.2) is 9.78 Å². The van der Waals surface area contributed by atoms with Gasteiger partial charge in [0.05, 0.1) is 17.9 Å². The number of carbonyl (C=O) groups excluding carboxylic acids is 1. The van der Waals surface area contributed by atoms with Crippen molar-refractivity contribution >= 4 is 17.4 Å². The molecule has 0 atom stereocenters. The van der Waals surface area contributed by atoms with Gasteiger partial charge in [0.2, 0.25) is 0 Å². The zero-order valence-electron chi connectivity index (χ0n) is 18.4. The lowest BCUT2D eigenvalue weighted by molar-refractivity contribution is 0.0519. The van der Waals surface area contributed by atoms with Crippen LogP contribution in [0.5, 0.6) is 0 Å². The molecule has 3 heterocycles. The number of fused-ring (bicyclic) bond motifs is 1. The Morgan fingerprint density at radius 1 is 1.07 bits per heavy atom. The smallest absolute Gasteiger partial charge is 0.357 e. The fourth-order valence-corrected chi connectivity index (χ4v) is 4.18. The van der Waals surface area contributed by atoms with Crippen LogP contribution in [0.15, 0.2) is 24.3 Å². The number of hydrogen-bond donors (Lipinski definition) is 0. The molecule has 30 heavy (non-hydrogen) atoms. The Labute approximate surface area is 177 Å². The summed E-state index contributed by atoms with van der Waals surface area (Å²) in [6.45, 7) is 12.0. The average molecular weight is 408 g/mol. The van der Waals surface area contributed by atoms with Crippen molar-refractivity contribution in [3.8, 4) is 11.1 Å². The van der Waals surface area contributed by atoms with Gasteiger partial charge in [0, 0.05) is 32.2 Å². The number of carbonyl (C=O) groups is 1. The van der Waals surface area contributed by atoms with Crippen LogP contribution in [-0.4, -0.2) is 65.3 Å². The van der Waals surface area contributed by atoms with Crippen molar-refractivity contribution in [3.05, 3.63) is 46.8 Å². The van der Waals surface area contributed by atoms with Crippen LogP contribution in [-0.2, 0) is 4.74 Å². The van der Waals surface area contributed by atoms with E-state index in [1.807, 2.05) is 24.4 Å². The fraction of sp³-hybridized carbons (Fsp3) is 0.435. The van der Waals surface area contributed by atoms with Crippen LogP contribution in [0.2, 0.25) is 0 Å². The number of rotatable bonds is 4. The molecule has 7 heteroatoms. The average Bonchev–Trinajstić information content (AvgIpc) is 3.04. The van der Waals surface area contributed by atoms with Gasteiger partial charge < -0.3 is 14.5 Å². The van der Waals surface area contributed by atoms with Crippen molar-refractivity contribution in [2.75, 3.05) is 44.7 Å². The number of anilines is 1. The van der Waals surface area contributed by atoms with Gasteiger partial charge in [-0.15, -0.1) is 0 Å². The van der Waals surface area contributed by atoms with Crippen LogP contribution in [0.1, 0.15) is 34.2 Å². The van der Waals surface area contributed by atoms with Crippen LogP contribution >= 0.6 is 0 Å². The summed E-state index contributed by atoms with van der Waals surface area (Å²) >= 11 is 0. The third kappa shape index (κ3) is 3.54. The molecule has 0 spiro atoms. The highest BCUT2D eigenvalue weighted by atomic mass is 16.5. The van der Waals surface area contributed by atoms with Gasteiger partial charge in [0.1, 0.15) is 5.82 Å². The molecule has 1 aliphatic rings. The van der Waals surface area contributed by atoms with E-state index in [0.717, 1.165) is 59.9 Å². The van der Waals surface area contributed by atoms with E-state index in [1.165, 1.54) is 0 Å². The van der Waals surface area contributed by atoms with Crippen LogP contribution in [0.3, 0.4) is 0 Å². The number of likely N-dealkylation sites (N-methyl/N-ethyl adjacent to an activating group) is 1. The maximum Gasteiger partial charge on any atom is 0.357 e. The lowest BCUT2D eigenvalue weighted by atomic mass is 9.96. The molecule has 0 N–H and O–H groups in total. The number of esters is 1. The SMILES string of the molecule is CCOC(=O)c1cc(N2CCN(C)CC2)n2nc(C)c(-c3c(C)cccc3C)c2n1. The van der Waals surface area contributed by atoms with Crippen LogP contribution in [0.25, 0.3) is 16.8 Å². The zero-order chi connectivity index (χ0) is 21.4. The number of aromatic nitrogens is 3. The highest BCUT2D eigenvalue weighted by molar-refractivity contribution is 5.91. The Kier molecular flexibility index (Phi) is 5.47. The van der Waals surface area contributed by atoms with E-state index in [1.54, 1.807) is 0 Å². The van der Waals surface area contributed by atoms with Crippen molar-refractivity contribution in [2.24, 2.45) is 0 Å². The Bertz CT molecular complexity index is 1080. The molecular formula is C23H29N5O2. The van der Waals surface area contributed by atoms with E-state index < -0.39 is 5.97 Å². The number of benzene rings is 1. The highest BCUT2D eigenvalue weighted by Gasteiger charge is 2.25. The Morgan fingerprint density at radius 2 is 1.73 bits per heavy atom. The first-order chi connectivity index (χ1) is 14.4. The maximum absolute atomic E-state index is 12.6. The van der Waals surface area contributed by atoms with Gasteiger partial charge >= 0.3 is 5.97 Å². The molecule has 158 valence electrons. The molecule has 1 saturated heterocycles. The predicted molar refractivity (Wildman–Crippen MR) is 118 cm³/mol. The van der Waals surface area contributed by atoms with E-state index in [-0.39, 0.29) is 0 Å². The minimum Gasteiger partial charge on any atom is -0.461 e. The number of nitrogens with zero attached hydrogens (tertiary/aromatic N) is 5. The Hall–Kier alpha value is -2.93. The molecule has 0 radical (unpaired) electrons. The third-order valence-electron chi connectivity index (χ3n) is 5.79. The summed E-state index contributed by atoms with van der Waals surface area (Å²) in [5, 5.41) is 4.86. The maximum atomic E-state index is 12.6.